The molecule has 0 amide bonds. The molecule has 3 aromatic carbocycles. The Morgan fingerprint density at radius 3 is 2.26 bits per heavy atom. The standard InChI is InChI=1S/C30H40N4O/c1-25(31)21-29(16-10-20-35-24-27-13-6-3-7-14-27)33-18-19-34(22-26-11-4-2-5-12-26)23-28-15-8-9-17-30(28)32/h2-9,11-15,17,21,29,33H,10,16,18-20,22-24,31-32H2,1H3/b25-21+. The van der Waals surface area contributed by atoms with Crippen LogP contribution in [0.5, 0.6) is 0 Å². The molecule has 1 atom stereocenters. The van der Waals surface area contributed by atoms with E-state index in [0.717, 1.165) is 62.6 Å². The summed E-state index contributed by atoms with van der Waals surface area (Å²) in [6, 6.07) is 29.2. The van der Waals surface area contributed by atoms with Crippen molar-refractivity contribution in [3.8, 4) is 0 Å². The largest absolute Gasteiger partial charge is 0.402 e. The molecule has 0 aliphatic heterocycles. The fourth-order valence-corrected chi connectivity index (χ4v) is 4.11. The number of rotatable bonds is 15. The molecule has 5 heteroatoms. The van der Waals surface area contributed by atoms with Gasteiger partial charge in [0.25, 0.3) is 0 Å². The van der Waals surface area contributed by atoms with Crippen LogP contribution in [0.1, 0.15) is 36.5 Å². The molecular weight excluding hydrogens is 432 g/mol. The van der Waals surface area contributed by atoms with Gasteiger partial charge in [0.2, 0.25) is 0 Å². The second kappa shape index (κ2) is 15.0. The molecule has 0 fully saturated rings. The monoisotopic (exact) mass is 472 g/mol. The van der Waals surface area contributed by atoms with Gasteiger partial charge in [-0.2, -0.15) is 0 Å². The summed E-state index contributed by atoms with van der Waals surface area (Å²) in [5.41, 5.74) is 17.6. The Balaban J connectivity index is 1.49. The van der Waals surface area contributed by atoms with Crippen molar-refractivity contribution in [2.24, 2.45) is 5.73 Å². The minimum Gasteiger partial charge on any atom is -0.402 e. The fraction of sp³-hybridized carbons (Fsp3) is 0.333. The average molecular weight is 473 g/mol. The molecule has 0 saturated carbocycles. The van der Waals surface area contributed by atoms with Gasteiger partial charge in [-0.3, -0.25) is 4.90 Å². The zero-order valence-corrected chi connectivity index (χ0v) is 20.9. The van der Waals surface area contributed by atoms with E-state index in [9.17, 15) is 0 Å². The van der Waals surface area contributed by atoms with Crippen LogP contribution < -0.4 is 16.8 Å². The normalized spacial score (nSPS) is 12.7. The van der Waals surface area contributed by atoms with Gasteiger partial charge in [0.15, 0.2) is 0 Å². The van der Waals surface area contributed by atoms with Gasteiger partial charge in [-0.15, -0.1) is 0 Å². The zero-order valence-electron chi connectivity index (χ0n) is 20.9. The Bertz CT molecular complexity index is 1000. The Hall–Kier alpha value is -3.12. The van der Waals surface area contributed by atoms with E-state index in [-0.39, 0.29) is 6.04 Å². The maximum atomic E-state index is 6.23. The Labute approximate surface area is 210 Å². The number of nitrogens with one attached hydrogen (secondary N) is 1. The molecule has 0 spiro atoms. The van der Waals surface area contributed by atoms with Crippen LogP contribution >= 0.6 is 0 Å². The summed E-state index contributed by atoms with van der Waals surface area (Å²) in [4.78, 5) is 2.44. The Kier molecular flexibility index (Phi) is 11.3. The van der Waals surface area contributed by atoms with E-state index in [1.165, 1.54) is 11.1 Å². The highest BCUT2D eigenvalue weighted by Crippen LogP contribution is 2.15. The molecule has 0 aliphatic carbocycles. The first-order valence-corrected chi connectivity index (χ1v) is 12.5. The van der Waals surface area contributed by atoms with E-state index < -0.39 is 0 Å². The molecule has 0 saturated heterocycles. The molecule has 0 aliphatic rings. The van der Waals surface area contributed by atoms with Crippen molar-refractivity contribution in [1.29, 1.82) is 0 Å². The van der Waals surface area contributed by atoms with E-state index >= 15 is 0 Å². The summed E-state index contributed by atoms with van der Waals surface area (Å²) < 4.78 is 5.86. The lowest BCUT2D eigenvalue weighted by atomic mass is 10.1. The summed E-state index contributed by atoms with van der Waals surface area (Å²) in [5, 5.41) is 3.69. The molecule has 0 bridgehead atoms. The molecule has 1 unspecified atom stereocenters. The van der Waals surface area contributed by atoms with Crippen LogP contribution in [0.15, 0.2) is 96.7 Å². The highest BCUT2D eigenvalue weighted by molar-refractivity contribution is 5.46. The second-order valence-electron chi connectivity index (χ2n) is 9.05. The summed E-state index contributed by atoms with van der Waals surface area (Å²) >= 11 is 0. The number of nitrogens with zero attached hydrogens (tertiary/aromatic N) is 1. The van der Waals surface area contributed by atoms with Crippen molar-refractivity contribution in [3.05, 3.63) is 113 Å². The molecule has 3 aromatic rings. The maximum absolute atomic E-state index is 6.23. The van der Waals surface area contributed by atoms with E-state index in [1.807, 2.05) is 37.3 Å². The van der Waals surface area contributed by atoms with E-state index in [0.29, 0.717) is 6.61 Å². The molecule has 0 heterocycles. The molecule has 5 N–H and O–H groups in total. The molecular formula is C30H40N4O. The van der Waals surface area contributed by atoms with Gasteiger partial charge in [-0.25, -0.2) is 0 Å². The molecule has 35 heavy (non-hydrogen) atoms. The van der Waals surface area contributed by atoms with E-state index in [4.69, 9.17) is 16.2 Å². The van der Waals surface area contributed by atoms with Gasteiger partial charge in [0.05, 0.1) is 6.61 Å². The van der Waals surface area contributed by atoms with E-state index in [2.05, 4.69) is 70.9 Å². The lowest BCUT2D eigenvalue weighted by molar-refractivity contribution is 0.116. The molecule has 0 radical (unpaired) electrons. The minimum atomic E-state index is 0.223. The van der Waals surface area contributed by atoms with Gasteiger partial charge in [0, 0.05) is 50.2 Å². The third kappa shape index (κ3) is 10.4. The highest BCUT2D eigenvalue weighted by atomic mass is 16.5. The third-order valence-corrected chi connectivity index (χ3v) is 5.91. The summed E-state index contributed by atoms with van der Waals surface area (Å²) in [6.07, 6.45) is 4.07. The molecule has 5 nitrogen and oxygen atoms in total. The van der Waals surface area contributed by atoms with Gasteiger partial charge in [0.1, 0.15) is 0 Å². The number of allylic oxidation sites excluding steroid dienone is 1. The van der Waals surface area contributed by atoms with Crippen molar-refractivity contribution in [3.63, 3.8) is 0 Å². The van der Waals surface area contributed by atoms with Gasteiger partial charge < -0.3 is 21.5 Å². The van der Waals surface area contributed by atoms with Crippen molar-refractivity contribution < 1.29 is 4.74 Å². The van der Waals surface area contributed by atoms with Crippen LogP contribution in [0.2, 0.25) is 0 Å². The first-order valence-electron chi connectivity index (χ1n) is 12.5. The molecule has 186 valence electrons. The number of nitrogen functional groups attached to an aromatic ring is 1. The second-order valence-corrected chi connectivity index (χ2v) is 9.05. The van der Waals surface area contributed by atoms with Gasteiger partial charge in [-0.1, -0.05) is 78.9 Å². The SMILES string of the molecule is C/C(N)=C\C(CCCOCc1ccccc1)NCCN(Cc1ccccc1)Cc1ccccc1N. The van der Waals surface area contributed by atoms with Gasteiger partial charge in [-0.05, 0) is 48.6 Å². The third-order valence-electron chi connectivity index (χ3n) is 5.91. The van der Waals surface area contributed by atoms with Crippen molar-refractivity contribution >= 4 is 5.69 Å². The lowest BCUT2D eigenvalue weighted by Gasteiger charge is -2.25. The molecule has 0 aromatic heterocycles. The van der Waals surface area contributed by atoms with Gasteiger partial charge >= 0.3 is 0 Å². The number of hydrogen-bond acceptors (Lipinski definition) is 5. The van der Waals surface area contributed by atoms with Crippen LogP contribution in [-0.4, -0.2) is 30.6 Å². The summed E-state index contributed by atoms with van der Waals surface area (Å²) in [6.45, 7) is 6.79. The van der Waals surface area contributed by atoms with Crippen molar-refractivity contribution in [2.45, 2.75) is 45.5 Å². The number of anilines is 1. The van der Waals surface area contributed by atoms with Crippen molar-refractivity contribution in [1.82, 2.24) is 10.2 Å². The average Bonchev–Trinajstić information content (AvgIpc) is 2.86. The first kappa shape index (κ1) is 26.5. The van der Waals surface area contributed by atoms with Crippen LogP contribution in [-0.2, 0) is 24.4 Å². The topological polar surface area (TPSA) is 76.5 Å². The minimum absolute atomic E-state index is 0.223. The van der Waals surface area contributed by atoms with E-state index in [1.54, 1.807) is 0 Å². The van der Waals surface area contributed by atoms with Crippen LogP contribution in [0.3, 0.4) is 0 Å². The maximum Gasteiger partial charge on any atom is 0.0716 e. The number of benzene rings is 3. The Morgan fingerprint density at radius 2 is 1.57 bits per heavy atom. The quantitative estimate of drug-likeness (QED) is 0.212. The van der Waals surface area contributed by atoms with Crippen LogP contribution in [0, 0.1) is 0 Å². The Morgan fingerprint density at radius 1 is 0.914 bits per heavy atom. The first-order chi connectivity index (χ1) is 17.1. The summed E-state index contributed by atoms with van der Waals surface area (Å²) in [7, 11) is 0. The number of nitrogens with two attached hydrogens (primary N) is 2. The summed E-state index contributed by atoms with van der Waals surface area (Å²) in [5.74, 6) is 0. The molecule has 3 rings (SSSR count). The lowest BCUT2D eigenvalue weighted by Crippen LogP contribution is -2.36. The predicted molar refractivity (Wildman–Crippen MR) is 146 cm³/mol. The zero-order chi connectivity index (χ0) is 24.7. The number of para-hydroxylation sites is 1. The number of ether oxygens (including phenoxy) is 1. The smallest absolute Gasteiger partial charge is 0.0716 e. The fourth-order valence-electron chi connectivity index (χ4n) is 4.11. The number of hydrogen-bond donors (Lipinski definition) is 3. The van der Waals surface area contributed by atoms with Crippen LogP contribution in [0.4, 0.5) is 5.69 Å². The predicted octanol–water partition coefficient (Wildman–Crippen LogP) is 5.09. The van der Waals surface area contributed by atoms with Crippen LogP contribution in [0.25, 0.3) is 0 Å². The highest BCUT2D eigenvalue weighted by Gasteiger charge is 2.11. The van der Waals surface area contributed by atoms with Crippen molar-refractivity contribution in [2.75, 3.05) is 25.4 Å².